The van der Waals surface area contributed by atoms with Gasteiger partial charge in [-0.15, -0.1) is 0 Å². The van der Waals surface area contributed by atoms with Crippen LogP contribution in [0.5, 0.6) is 0 Å². The van der Waals surface area contributed by atoms with Crippen LogP contribution in [0.15, 0.2) is 0 Å². The summed E-state index contributed by atoms with van der Waals surface area (Å²) < 4.78 is 5.27. The molecule has 0 aromatic carbocycles. The predicted octanol–water partition coefficient (Wildman–Crippen LogP) is 1.32. The van der Waals surface area contributed by atoms with Crippen LogP contribution in [0.2, 0.25) is 0 Å². The number of carboxylic acid groups (broad SMARTS) is 1. The van der Waals surface area contributed by atoms with Crippen molar-refractivity contribution in [2.45, 2.75) is 52.2 Å². The molecule has 1 saturated heterocycles. The number of rotatable bonds is 3. The first-order chi connectivity index (χ1) is 9.60. The molecule has 1 N–H and O–H groups in total. The van der Waals surface area contributed by atoms with Crippen molar-refractivity contribution in [1.29, 1.82) is 0 Å². The van der Waals surface area contributed by atoms with Crippen LogP contribution in [-0.4, -0.2) is 64.2 Å². The Bertz CT molecular complexity index is 408. The Labute approximate surface area is 124 Å². The molecule has 2 amide bonds. The lowest BCUT2D eigenvalue weighted by atomic mass is 10.0. The van der Waals surface area contributed by atoms with Crippen LogP contribution in [-0.2, 0) is 14.3 Å². The molecule has 1 aliphatic rings. The van der Waals surface area contributed by atoms with Gasteiger partial charge in [-0.3, -0.25) is 14.5 Å². The van der Waals surface area contributed by atoms with Crippen molar-refractivity contribution in [3.05, 3.63) is 0 Å². The Balaban J connectivity index is 2.72. The molecule has 1 rings (SSSR count). The van der Waals surface area contributed by atoms with Crippen LogP contribution in [0.4, 0.5) is 4.79 Å². The molecule has 0 spiro atoms. The lowest BCUT2D eigenvalue weighted by molar-refractivity contribution is -0.139. The van der Waals surface area contributed by atoms with Crippen molar-refractivity contribution in [3.63, 3.8) is 0 Å². The minimum Gasteiger partial charge on any atom is -0.480 e. The third-order valence-corrected chi connectivity index (χ3v) is 3.28. The highest BCUT2D eigenvalue weighted by molar-refractivity contribution is 5.77. The molecule has 0 atom stereocenters. The van der Waals surface area contributed by atoms with Crippen LogP contribution in [0, 0.1) is 0 Å². The van der Waals surface area contributed by atoms with Gasteiger partial charge >= 0.3 is 12.1 Å². The van der Waals surface area contributed by atoms with Crippen LogP contribution < -0.4 is 0 Å². The number of carboxylic acids is 1. The highest BCUT2D eigenvalue weighted by Crippen LogP contribution is 2.19. The normalized spacial score (nSPS) is 16.5. The zero-order valence-corrected chi connectivity index (χ0v) is 13.1. The number of carbonyl (C=O) groups excluding carboxylic acids is 2. The van der Waals surface area contributed by atoms with Crippen molar-refractivity contribution in [1.82, 2.24) is 9.80 Å². The van der Waals surface area contributed by atoms with E-state index in [1.807, 2.05) is 0 Å². The second-order valence-corrected chi connectivity index (χ2v) is 6.24. The minimum absolute atomic E-state index is 0.00416. The quantitative estimate of drug-likeness (QED) is 0.849. The summed E-state index contributed by atoms with van der Waals surface area (Å²) >= 11 is 0. The van der Waals surface area contributed by atoms with E-state index in [4.69, 9.17) is 9.84 Å². The lowest BCUT2D eigenvalue weighted by Gasteiger charge is -2.38. The Hall–Kier alpha value is -1.79. The first-order valence-electron chi connectivity index (χ1n) is 7.07. The number of aliphatic carboxylic acids is 1. The van der Waals surface area contributed by atoms with E-state index < -0.39 is 17.7 Å². The number of piperidine rings is 1. The third kappa shape index (κ3) is 5.61. The van der Waals surface area contributed by atoms with Gasteiger partial charge in [0.25, 0.3) is 0 Å². The van der Waals surface area contributed by atoms with Crippen molar-refractivity contribution in [2.24, 2.45) is 0 Å². The van der Waals surface area contributed by atoms with E-state index in [2.05, 4.69) is 0 Å². The van der Waals surface area contributed by atoms with E-state index in [0.717, 1.165) is 0 Å². The molecule has 7 heteroatoms. The zero-order chi connectivity index (χ0) is 16.2. The molecule has 120 valence electrons. The SMILES string of the molecule is CC(=O)N1CCC(N(CC(=O)O)C(=O)OC(C)(C)C)CC1. The summed E-state index contributed by atoms with van der Waals surface area (Å²) in [5.74, 6) is -1.08. The van der Waals surface area contributed by atoms with E-state index in [1.165, 1.54) is 11.8 Å². The van der Waals surface area contributed by atoms with Crippen molar-refractivity contribution in [2.75, 3.05) is 19.6 Å². The molecule has 1 fully saturated rings. The first kappa shape index (κ1) is 17.3. The standard InChI is InChI=1S/C14H24N2O5/c1-10(17)15-7-5-11(6-8-15)16(9-12(18)19)13(20)21-14(2,3)4/h11H,5-9H2,1-4H3,(H,18,19). The van der Waals surface area contributed by atoms with E-state index >= 15 is 0 Å². The van der Waals surface area contributed by atoms with Crippen LogP contribution in [0.25, 0.3) is 0 Å². The number of carbonyl (C=O) groups is 3. The van der Waals surface area contributed by atoms with Gasteiger partial charge in [-0.25, -0.2) is 4.79 Å². The van der Waals surface area contributed by atoms with Gasteiger partial charge in [-0.2, -0.15) is 0 Å². The molecule has 0 radical (unpaired) electrons. The van der Waals surface area contributed by atoms with E-state index in [1.54, 1.807) is 25.7 Å². The fraction of sp³-hybridized carbons (Fsp3) is 0.786. The van der Waals surface area contributed by atoms with Crippen molar-refractivity contribution >= 4 is 18.0 Å². The van der Waals surface area contributed by atoms with Crippen molar-refractivity contribution in [3.8, 4) is 0 Å². The Morgan fingerprint density at radius 1 is 1.24 bits per heavy atom. The highest BCUT2D eigenvalue weighted by atomic mass is 16.6. The van der Waals surface area contributed by atoms with Gasteiger partial charge in [-0.05, 0) is 33.6 Å². The summed E-state index contributed by atoms with van der Waals surface area (Å²) in [6.45, 7) is 7.38. The molecule has 0 aromatic rings. The Morgan fingerprint density at radius 2 is 1.76 bits per heavy atom. The Morgan fingerprint density at radius 3 is 2.14 bits per heavy atom. The maximum Gasteiger partial charge on any atom is 0.411 e. The van der Waals surface area contributed by atoms with Gasteiger partial charge in [0.05, 0.1) is 0 Å². The predicted molar refractivity (Wildman–Crippen MR) is 75.9 cm³/mol. The number of ether oxygens (including phenoxy) is 1. The second kappa shape index (κ2) is 6.78. The monoisotopic (exact) mass is 300 g/mol. The van der Waals surface area contributed by atoms with Gasteiger partial charge in [0.2, 0.25) is 5.91 Å². The average Bonchev–Trinajstić information content (AvgIpc) is 2.33. The zero-order valence-electron chi connectivity index (χ0n) is 13.1. The van der Waals surface area contributed by atoms with Gasteiger partial charge in [-0.1, -0.05) is 0 Å². The van der Waals surface area contributed by atoms with Gasteiger partial charge < -0.3 is 14.7 Å². The Kier molecular flexibility index (Phi) is 5.57. The average molecular weight is 300 g/mol. The fourth-order valence-electron chi connectivity index (χ4n) is 2.30. The first-order valence-corrected chi connectivity index (χ1v) is 7.07. The molecule has 0 saturated carbocycles. The van der Waals surface area contributed by atoms with E-state index in [9.17, 15) is 14.4 Å². The minimum atomic E-state index is -1.07. The maximum atomic E-state index is 12.2. The highest BCUT2D eigenvalue weighted by Gasteiger charge is 2.32. The maximum absolute atomic E-state index is 12.2. The molecule has 1 heterocycles. The summed E-state index contributed by atoms with van der Waals surface area (Å²) in [5, 5.41) is 8.99. The van der Waals surface area contributed by atoms with Crippen LogP contribution >= 0.6 is 0 Å². The molecule has 0 bridgehead atoms. The van der Waals surface area contributed by atoms with E-state index in [-0.39, 0.29) is 18.5 Å². The van der Waals surface area contributed by atoms with Crippen molar-refractivity contribution < 1.29 is 24.2 Å². The van der Waals surface area contributed by atoms with Gasteiger partial charge in [0.1, 0.15) is 12.1 Å². The van der Waals surface area contributed by atoms with Crippen LogP contribution in [0.3, 0.4) is 0 Å². The fourth-order valence-corrected chi connectivity index (χ4v) is 2.30. The summed E-state index contributed by atoms with van der Waals surface area (Å²) in [4.78, 5) is 37.4. The number of nitrogens with zero attached hydrogens (tertiary/aromatic N) is 2. The molecule has 0 aromatic heterocycles. The van der Waals surface area contributed by atoms with E-state index in [0.29, 0.717) is 25.9 Å². The smallest absolute Gasteiger partial charge is 0.411 e. The topological polar surface area (TPSA) is 87.2 Å². The molecule has 0 unspecified atom stereocenters. The number of likely N-dealkylation sites (tertiary alicyclic amines) is 1. The van der Waals surface area contributed by atoms with Gasteiger partial charge in [0, 0.05) is 26.1 Å². The number of amides is 2. The lowest BCUT2D eigenvalue weighted by Crippen LogP contribution is -2.51. The molecule has 7 nitrogen and oxygen atoms in total. The molecule has 1 aliphatic heterocycles. The molecular weight excluding hydrogens is 276 g/mol. The summed E-state index contributed by atoms with van der Waals surface area (Å²) in [5.41, 5.74) is -0.673. The van der Waals surface area contributed by atoms with Crippen LogP contribution in [0.1, 0.15) is 40.5 Å². The second-order valence-electron chi connectivity index (χ2n) is 6.24. The number of hydrogen-bond acceptors (Lipinski definition) is 4. The molecular formula is C14H24N2O5. The summed E-state index contributed by atoms with van der Waals surface area (Å²) in [6, 6.07) is -0.216. The largest absolute Gasteiger partial charge is 0.480 e. The summed E-state index contributed by atoms with van der Waals surface area (Å²) in [7, 11) is 0. The molecule has 21 heavy (non-hydrogen) atoms. The number of hydrogen-bond donors (Lipinski definition) is 1. The third-order valence-electron chi connectivity index (χ3n) is 3.28. The summed E-state index contributed by atoms with van der Waals surface area (Å²) in [6.07, 6.45) is 0.504. The van der Waals surface area contributed by atoms with Gasteiger partial charge in [0.15, 0.2) is 0 Å². The molecule has 0 aliphatic carbocycles.